The molecule has 0 amide bonds. The van der Waals surface area contributed by atoms with Gasteiger partial charge in [-0.2, -0.15) is 15.1 Å². The molecule has 4 heterocycles. The van der Waals surface area contributed by atoms with Crippen molar-refractivity contribution in [1.82, 2.24) is 29.3 Å². The van der Waals surface area contributed by atoms with Crippen molar-refractivity contribution in [2.24, 2.45) is 7.05 Å². The van der Waals surface area contributed by atoms with Crippen molar-refractivity contribution >= 4 is 40.5 Å². The van der Waals surface area contributed by atoms with Crippen molar-refractivity contribution in [3.05, 3.63) is 29.1 Å². The van der Waals surface area contributed by atoms with E-state index in [1.165, 1.54) is 7.05 Å². The van der Waals surface area contributed by atoms with Crippen molar-refractivity contribution in [3.8, 4) is 0 Å². The molecule has 0 aliphatic carbocycles. The van der Waals surface area contributed by atoms with Gasteiger partial charge in [0.25, 0.3) is 0 Å². The second-order valence-corrected chi connectivity index (χ2v) is 8.55. The zero-order valence-corrected chi connectivity index (χ0v) is 19.6. The highest BCUT2D eigenvalue weighted by Gasteiger charge is 2.51. The number of aliphatic hydroxyl groups excluding tert-OH is 2. The Morgan fingerprint density at radius 2 is 2.05 bits per heavy atom. The van der Waals surface area contributed by atoms with Crippen LogP contribution in [0.15, 0.2) is 12.4 Å². The monoisotopic (exact) mass is 545 g/mol. The number of aliphatic hydroxyl groups is 3. The molecule has 3 aromatic rings. The molecule has 0 aromatic carbocycles. The molecule has 1 saturated heterocycles. The van der Waals surface area contributed by atoms with Crippen molar-refractivity contribution < 1.29 is 49.0 Å². The molecule has 1 unspecified atom stereocenters. The number of carboxylic acids is 2. The summed E-state index contributed by atoms with van der Waals surface area (Å²) in [5, 5.41) is 52.8. The molecule has 0 spiro atoms. The third-order valence-corrected chi connectivity index (χ3v) is 6.04. The lowest BCUT2D eigenvalue weighted by Crippen LogP contribution is -2.55. The van der Waals surface area contributed by atoms with Crippen LogP contribution < -0.4 is 5.73 Å². The van der Waals surface area contributed by atoms with Crippen LogP contribution in [-0.4, -0.2) is 104 Å². The number of hydrogen-bond donors (Lipinski definition) is 6. The molecule has 0 saturated carbocycles. The number of anilines is 1. The molecule has 3 aromatic heterocycles. The minimum absolute atomic E-state index is 0.00830. The molecular weight excluding hydrogens is 525 g/mol. The Balaban J connectivity index is 1.57. The summed E-state index contributed by atoms with van der Waals surface area (Å²) in [7, 11) is 1.29. The number of aromatic nitrogens is 6. The van der Waals surface area contributed by atoms with E-state index in [1.807, 2.05) is 0 Å². The fraction of sp³-hybridized carbons (Fsp3) is 0.474. The van der Waals surface area contributed by atoms with Crippen molar-refractivity contribution in [3.63, 3.8) is 0 Å². The molecule has 4 rings (SSSR count). The molecule has 37 heavy (non-hydrogen) atoms. The van der Waals surface area contributed by atoms with Crippen LogP contribution in [0.3, 0.4) is 0 Å². The van der Waals surface area contributed by atoms with Gasteiger partial charge in [-0.15, -0.1) is 0 Å². The maximum absolute atomic E-state index is 15.1. The summed E-state index contributed by atoms with van der Waals surface area (Å²) in [6.07, 6.45) is -9.18. The van der Waals surface area contributed by atoms with Gasteiger partial charge in [0, 0.05) is 13.5 Å². The van der Waals surface area contributed by atoms with E-state index in [4.69, 9.17) is 26.8 Å². The summed E-state index contributed by atoms with van der Waals surface area (Å²) in [5.41, 5.74) is 2.63. The number of carboxylic acid groups (broad SMARTS) is 2. The Bertz CT molecular complexity index is 1350. The molecule has 0 bridgehead atoms. The second kappa shape index (κ2) is 9.77. The summed E-state index contributed by atoms with van der Waals surface area (Å²) in [4.78, 5) is 35.0. The first kappa shape index (κ1) is 26.6. The van der Waals surface area contributed by atoms with Gasteiger partial charge in [0.05, 0.1) is 18.6 Å². The number of aromatic carboxylic acids is 1. The van der Waals surface area contributed by atoms with Crippen LogP contribution in [0, 0.1) is 0 Å². The number of aliphatic carboxylic acids is 1. The number of nitrogens with zero attached hydrogens (tertiary/aromatic N) is 6. The van der Waals surface area contributed by atoms with E-state index in [0.717, 1.165) is 21.6 Å². The SMILES string of the molecule is Cn1nc(CC(OC[C@H]2O[C@@H](n3cnc4c(N)nc(Cl)nc43)[C@@H](F)[C@@H]2O)(C(=O)O)C(O)O)cc1C(=O)O. The third kappa shape index (κ3) is 4.67. The smallest absolute Gasteiger partial charge is 0.354 e. The molecule has 16 nitrogen and oxygen atoms in total. The van der Waals surface area contributed by atoms with Crippen molar-refractivity contribution in [2.45, 2.75) is 42.9 Å². The largest absolute Gasteiger partial charge is 0.479 e. The molecule has 0 radical (unpaired) electrons. The second-order valence-electron chi connectivity index (χ2n) is 8.21. The maximum Gasteiger partial charge on any atom is 0.354 e. The van der Waals surface area contributed by atoms with E-state index in [-0.39, 0.29) is 33.7 Å². The zero-order chi connectivity index (χ0) is 27.2. The predicted molar refractivity (Wildman–Crippen MR) is 118 cm³/mol. The Kier molecular flexibility index (Phi) is 7.01. The number of hydrogen-bond acceptors (Lipinski definition) is 12. The van der Waals surface area contributed by atoms with Crippen LogP contribution in [0.5, 0.6) is 0 Å². The van der Waals surface area contributed by atoms with Crippen LogP contribution in [0.2, 0.25) is 5.28 Å². The Morgan fingerprint density at radius 1 is 1.35 bits per heavy atom. The average Bonchev–Trinajstić information content (AvgIpc) is 3.47. The quantitative estimate of drug-likeness (QED) is 0.132. The number of imidazole rings is 1. The van der Waals surface area contributed by atoms with E-state index in [2.05, 4.69) is 20.1 Å². The number of ether oxygens (including phenoxy) is 2. The first-order valence-electron chi connectivity index (χ1n) is 10.5. The lowest BCUT2D eigenvalue weighted by Gasteiger charge is -2.31. The number of halogens is 2. The van der Waals surface area contributed by atoms with E-state index in [0.29, 0.717) is 0 Å². The van der Waals surface area contributed by atoms with Gasteiger partial charge >= 0.3 is 11.9 Å². The van der Waals surface area contributed by atoms with Gasteiger partial charge in [-0.3, -0.25) is 9.25 Å². The van der Waals surface area contributed by atoms with Gasteiger partial charge < -0.3 is 40.7 Å². The molecule has 1 fully saturated rings. The van der Waals surface area contributed by atoms with E-state index in [9.17, 15) is 35.1 Å². The molecule has 18 heteroatoms. The van der Waals surface area contributed by atoms with Crippen LogP contribution in [0.4, 0.5) is 10.2 Å². The van der Waals surface area contributed by atoms with Gasteiger partial charge in [0.15, 0.2) is 30.2 Å². The Morgan fingerprint density at radius 3 is 2.65 bits per heavy atom. The number of nitrogens with two attached hydrogens (primary N) is 1. The topological polar surface area (TPSA) is 241 Å². The lowest BCUT2D eigenvalue weighted by molar-refractivity contribution is -0.231. The highest BCUT2D eigenvalue weighted by atomic mass is 35.5. The minimum atomic E-state index is -2.77. The van der Waals surface area contributed by atoms with Crippen LogP contribution in [-0.2, 0) is 27.7 Å². The predicted octanol–water partition coefficient (Wildman–Crippen LogP) is -1.52. The molecule has 1 aliphatic rings. The van der Waals surface area contributed by atoms with Crippen LogP contribution in [0.25, 0.3) is 11.2 Å². The van der Waals surface area contributed by atoms with Gasteiger partial charge in [-0.1, -0.05) is 0 Å². The average molecular weight is 546 g/mol. The lowest BCUT2D eigenvalue weighted by atomic mass is 9.96. The van der Waals surface area contributed by atoms with Crippen molar-refractivity contribution in [2.75, 3.05) is 12.3 Å². The maximum atomic E-state index is 15.1. The van der Waals surface area contributed by atoms with E-state index < -0.39 is 61.5 Å². The molecule has 7 N–H and O–H groups in total. The number of aryl methyl sites for hydroxylation is 1. The molecule has 5 atom stereocenters. The Labute approximate surface area is 210 Å². The molecule has 200 valence electrons. The number of nitrogen functional groups attached to an aromatic ring is 1. The normalized spacial score (nSPS) is 23.5. The van der Waals surface area contributed by atoms with Gasteiger partial charge in [-0.25, -0.2) is 19.0 Å². The summed E-state index contributed by atoms with van der Waals surface area (Å²) >= 11 is 5.82. The number of alkyl halides is 1. The highest BCUT2D eigenvalue weighted by molar-refractivity contribution is 6.28. The summed E-state index contributed by atoms with van der Waals surface area (Å²) in [6, 6.07) is 1.03. The van der Waals surface area contributed by atoms with Gasteiger partial charge in [-0.05, 0) is 17.7 Å². The summed E-state index contributed by atoms with van der Waals surface area (Å²) in [6.45, 7) is -0.814. The minimum Gasteiger partial charge on any atom is -0.479 e. The fourth-order valence-corrected chi connectivity index (χ4v) is 4.11. The first-order chi connectivity index (χ1) is 17.4. The number of rotatable bonds is 9. The number of fused-ring (bicyclic) bond motifs is 1. The Hall–Kier alpha value is -3.48. The third-order valence-electron chi connectivity index (χ3n) is 5.87. The van der Waals surface area contributed by atoms with Gasteiger partial charge in [0.1, 0.15) is 23.4 Å². The van der Waals surface area contributed by atoms with E-state index >= 15 is 4.39 Å². The van der Waals surface area contributed by atoms with E-state index in [1.54, 1.807) is 0 Å². The number of carbonyl (C=O) groups is 2. The molecular formula is C19H21ClFN7O9. The highest BCUT2D eigenvalue weighted by Crippen LogP contribution is 2.35. The standard InChI is InChI=1S/C19H21ClFN7O9/c1-27-7(15(30)31)2-6(26-27)3-19(16(32)33,17(34)35)36-4-8-11(29)9(21)14(37-8)28-5-23-10-12(22)24-18(20)25-13(10)28/h2,5,8-9,11,14,16,29,32-33H,3-4H2,1H3,(H,30,31)(H,34,35)(H2,22,24,25)/t8-,9+,11-,14-,19?/m1/s1. The first-order valence-corrected chi connectivity index (χ1v) is 10.9. The summed E-state index contributed by atoms with van der Waals surface area (Å²) < 4.78 is 28.0. The van der Waals surface area contributed by atoms with Crippen molar-refractivity contribution in [1.29, 1.82) is 0 Å². The van der Waals surface area contributed by atoms with Crippen LogP contribution in [0.1, 0.15) is 22.4 Å². The molecule has 1 aliphatic heterocycles. The zero-order valence-electron chi connectivity index (χ0n) is 18.8. The summed E-state index contributed by atoms with van der Waals surface area (Å²) in [5.74, 6) is -3.27. The van der Waals surface area contributed by atoms with Crippen LogP contribution >= 0.6 is 11.6 Å². The fourth-order valence-electron chi connectivity index (χ4n) is 3.94. The van der Waals surface area contributed by atoms with Gasteiger partial charge in [0.2, 0.25) is 10.9 Å².